The van der Waals surface area contributed by atoms with Gasteiger partial charge >= 0.3 is 0 Å². The Hall–Kier alpha value is -6.13. The van der Waals surface area contributed by atoms with Crippen molar-refractivity contribution < 1.29 is 4.42 Å². The highest BCUT2D eigenvalue weighted by Gasteiger charge is 2.19. The number of hydrogen-bond donors (Lipinski definition) is 0. The van der Waals surface area contributed by atoms with E-state index in [2.05, 4.69) is 142 Å². The van der Waals surface area contributed by atoms with Crippen LogP contribution in [0.1, 0.15) is 0 Å². The summed E-state index contributed by atoms with van der Waals surface area (Å²) in [5.74, 6) is 0. The third-order valence-corrected chi connectivity index (χ3v) is 9.21. The minimum absolute atomic E-state index is 0.888. The van der Waals surface area contributed by atoms with Gasteiger partial charge in [0.25, 0.3) is 0 Å². The first-order chi connectivity index (χ1) is 22.3. The van der Waals surface area contributed by atoms with Crippen molar-refractivity contribution in [3.05, 3.63) is 152 Å². The van der Waals surface area contributed by atoms with Crippen molar-refractivity contribution >= 4 is 65.6 Å². The van der Waals surface area contributed by atoms with Gasteiger partial charge in [-0.3, -0.25) is 4.98 Å². The second-order valence-corrected chi connectivity index (χ2v) is 11.6. The highest BCUT2D eigenvalue weighted by atomic mass is 16.3. The van der Waals surface area contributed by atoms with Crippen LogP contribution in [0.2, 0.25) is 0 Å². The molecule has 4 heteroatoms. The lowest BCUT2D eigenvalue weighted by Gasteiger charge is -2.09. The predicted octanol–water partition coefficient (Wildman–Crippen LogP) is 10.8. The number of aromatic nitrogens is 3. The number of pyridine rings is 1. The molecule has 0 aliphatic rings. The maximum Gasteiger partial charge on any atom is 0.159 e. The maximum absolute atomic E-state index is 6.47. The molecule has 0 spiro atoms. The summed E-state index contributed by atoms with van der Waals surface area (Å²) < 4.78 is 11.1. The van der Waals surface area contributed by atoms with Crippen LogP contribution in [0.25, 0.3) is 88.1 Å². The van der Waals surface area contributed by atoms with E-state index in [1.165, 1.54) is 32.9 Å². The quantitative estimate of drug-likeness (QED) is 0.210. The molecular weight excluding hydrogens is 550 g/mol. The lowest BCUT2D eigenvalue weighted by Crippen LogP contribution is -1.94. The van der Waals surface area contributed by atoms with Gasteiger partial charge in [-0.1, -0.05) is 78.9 Å². The summed E-state index contributed by atoms with van der Waals surface area (Å²) in [6.45, 7) is 0. The first-order valence-electron chi connectivity index (χ1n) is 15.2. The van der Waals surface area contributed by atoms with E-state index in [1.807, 2.05) is 24.5 Å². The van der Waals surface area contributed by atoms with Crippen LogP contribution in [-0.4, -0.2) is 14.1 Å². The molecule has 0 aliphatic heterocycles. The minimum atomic E-state index is 0.888. The van der Waals surface area contributed by atoms with Crippen LogP contribution in [0.15, 0.2) is 156 Å². The number of rotatable bonds is 3. The van der Waals surface area contributed by atoms with Crippen LogP contribution in [0.4, 0.5) is 0 Å². The lowest BCUT2D eigenvalue weighted by molar-refractivity contribution is 0.666. The highest BCUT2D eigenvalue weighted by Crippen LogP contribution is 2.40. The molecule has 0 atom stereocenters. The average Bonchev–Trinajstić information content (AvgIpc) is 3.76. The second-order valence-electron chi connectivity index (χ2n) is 11.6. The van der Waals surface area contributed by atoms with E-state index >= 15 is 0 Å². The molecule has 0 N–H and O–H groups in total. The number of hydrogen-bond acceptors (Lipinski definition) is 2. The van der Waals surface area contributed by atoms with Crippen molar-refractivity contribution in [3.63, 3.8) is 0 Å². The third kappa shape index (κ3) is 3.45. The summed E-state index contributed by atoms with van der Waals surface area (Å²) in [5, 5.41) is 7.02. The highest BCUT2D eigenvalue weighted by molar-refractivity contribution is 6.14. The summed E-state index contributed by atoms with van der Waals surface area (Å²) in [5.41, 5.74) is 11.0. The van der Waals surface area contributed by atoms with Crippen molar-refractivity contribution in [2.24, 2.45) is 0 Å². The third-order valence-electron chi connectivity index (χ3n) is 9.21. The topological polar surface area (TPSA) is 35.9 Å². The largest absolute Gasteiger partial charge is 0.454 e. The molecule has 0 saturated carbocycles. The first-order valence-corrected chi connectivity index (χ1v) is 15.2. The Morgan fingerprint density at radius 2 is 1.09 bits per heavy atom. The molecule has 0 saturated heterocycles. The van der Waals surface area contributed by atoms with Crippen LogP contribution in [-0.2, 0) is 0 Å². The molecule has 4 heterocycles. The first kappa shape index (κ1) is 24.3. The minimum Gasteiger partial charge on any atom is -0.454 e. The summed E-state index contributed by atoms with van der Waals surface area (Å²) in [6.07, 6.45) is 3.85. The fourth-order valence-corrected chi connectivity index (χ4v) is 7.22. The van der Waals surface area contributed by atoms with Gasteiger partial charge in [0.15, 0.2) is 5.58 Å². The number of fused-ring (bicyclic) bond motifs is 9. The Morgan fingerprint density at radius 1 is 0.444 bits per heavy atom. The average molecular weight is 576 g/mol. The molecule has 0 fully saturated rings. The molecule has 10 rings (SSSR count). The fourth-order valence-electron chi connectivity index (χ4n) is 7.22. The Bertz CT molecular complexity index is 2760. The molecule has 0 aliphatic carbocycles. The number of para-hydroxylation sites is 4. The molecule has 0 unspecified atom stereocenters. The summed E-state index contributed by atoms with van der Waals surface area (Å²) in [4.78, 5) is 4.54. The standard InChI is InChI=1S/C41H25N3O/c1-2-9-28(10-3-1)43-35-14-6-4-11-29(35)32-23-26(17-19-36(32)43)27-18-20-37-33(24-27)34-25-42-22-21-38(34)44(37)39-15-8-13-31-30-12-5-7-16-40(30)45-41(31)39/h1-25H. The Kier molecular flexibility index (Phi) is 4.96. The molecule has 45 heavy (non-hydrogen) atoms. The van der Waals surface area contributed by atoms with Gasteiger partial charge in [-0.2, -0.15) is 0 Å². The molecule has 0 radical (unpaired) electrons. The van der Waals surface area contributed by atoms with Crippen LogP contribution in [0.5, 0.6) is 0 Å². The summed E-state index contributed by atoms with van der Waals surface area (Å²) in [7, 11) is 0. The molecule has 0 bridgehead atoms. The van der Waals surface area contributed by atoms with Gasteiger partial charge in [0.05, 0.1) is 27.8 Å². The SMILES string of the molecule is c1ccc(-n2c3ccccc3c3cc(-c4ccc5c(c4)c4cnccc4n5-c4cccc5c4oc4ccccc45)ccc32)cc1. The Labute approximate surface area is 258 Å². The van der Waals surface area contributed by atoms with Gasteiger partial charge in [0, 0.05) is 50.4 Å². The van der Waals surface area contributed by atoms with Crippen LogP contribution in [0, 0.1) is 0 Å². The van der Waals surface area contributed by atoms with E-state index in [9.17, 15) is 0 Å². The number of furan rings is 1. The van der Waals surface area contributed by atoms with Gasteiger partial charge in [0.2, 0.25) is 0 Å². The van der Waals surface area contributed by atoms with Crippen molar-refractivity contribution in [1.82, 2.24) is 14.1 Å². The lowest BCUT2D eigenvalue weighted by atomic mass is 10.0. The second kappa shape index (κ2) is 9.18. The van der Waals surface area contributed by atoms with E-state index in [-0.39, 0.29) is 0 Å². The van der Waals surface area contributed by atoms with Gasteiger partial charge < -0.3 is 13.6 Å². The van der Waals surface area contributed by atoms with Crippen molar-refractivity contribution in [3.8, 4) is 22.5 Å². The van der Waals surface area contributed by atoms with Crippen molar-refractivity contribution in [2.45, 2.75) is 0 Å². The summed E-state index contributed by atoms with van der Waals surface area (Å²) >= 11 is 0. The molecule has 0 amide bonds. The zero-order valence-corrected chi connectivity index (χ0v) is 24.2. The fraction of sp³-hybridized carbons (Fsp3) is 0. The molecule has 10 aromatic rings. The summed E-state index contributed by atoms with van der Waals surface area (Å²) in [6, 6.07) is 49.7. The molecule has 6 aromatic carbocycles. The van der Waals surface area contributed by atoms with Gasteiger partial charge in [0.1, 0.15) is 5.58 Å². The normalized spacial score (nSPS) is 12.0. The molecule has 4 nitrogen and oxygen atoms in total. The number of benzene rings is 6. The van der Waals surface area contributed by atoms with Crippen molar-refractivity contribution in [1.29, 1.82) is 0 Å². The zero-order chi connectivity index (χ0) is 29.5. The van der Waals surface area contributed by atoms with E-state index in [4.69, 9.17) is 4.42 Å². The van der Waals surface area contributed by atoms with Crippen LogP contribution < -0.4 is 0 Å². The molecular formula is C41H25N3O. The van der Waals surface area contributed by atoms with Gasteiger partial charge in [-0.15, -0.1) is 0 Å². The predicted molar refractivity (Wildman–Crippen MR) is 186 cm³/mol. The Morgan fingerprint density at radius 3 is 1.93 bits per heavy atom. The van der Waals surface area contributed by atoms with Gasteiger partial charge in [-0.05, 0) is 71.8 Å². The monoisotopic (exact) mass is 575 g/mol. The number of nitrogens with zero attached hydrogens (tertiary/aromatic N) is 3. The van der Waals surface area contributed by atoms with Gasteiger partial charge in [-0.25, -0.2) is 0 Å². The van der Waals surface area contributed by atoms with Crippen LogP contribution in [0.3, 0.4) is 0 Å². The van der Waals surface area contributed by atoms with Crippen LogP contribution >= 0.6 is 0 Å². The molecule has 4 aromatic heterocycles. The Balaban J connectivity index is 1.20. The molecule has 210 valence electrons. The zero-order valence-electron chi connectivity index (χ0n) is 24.2. The van der Waals surface area contributed by atoms with E-state index < -0.39 is 0 Å². The maximum atomic E-state index is 6.47. The van der Waals surface area contributed by atoms with E-state index in [0.29, 0.717) is 0 Å². The smallest absolute Gasteiger partial charge is 0.159 e. The van der Waals surface area contributed by atoms with E-state index in [0.717, 1.165) is 55.1 Å². The van der Waals surface area contributed by atoms with E-state index in [1.54, 1.807) is 0 Å². The van der Waals surface area contributed by atoms with Crippen molar-refractivity contribution in [2.75, 3.05) is 0 Å².